The van der Waals surface area contributed by atoms with Gasteiger partial charge < -0.3 is 19.7 Å². The van der Waals surface area contributed by atoms with Crippen LogP contribution in [0, 0.1) is 0 Å². The van der Waals surface area contributed by atoms with E-state index in [1.807, 2.05) is 6.92 Å². The molecule has 0 saturated carbocycles. The Bertz CT molecular complexity index is 549. The van der Waals surface area contributed by atoms with Gasteiger partial charge in [0.05, 0.1) is 24.9 Å². The molecule has 0 aliphatic carbocycles. The van der Waals surface area contributed by atoms with Crippen LogP contribution in [0.3, 0.4) is 0 Å². The number of likely N-dealkylation sites (N-methyl/N-ethyl adjacent to an activating group) is 1. The van der Waals surface area contributed by atoms with Crippen LogP contribution in [0.15, 0.2) is 12.1 Å². The van der Waals surface area contributed by atoms with Crippen LogP contribution in [0.5, 0.6) is 11.5 Å². The Morgan fingerprint density at radius 3 is 2.41 bits per heavy atom. The Balaban J connectivity index is 2.89. The molecular weight excluding hydrogens is 308 g/mol. The van der Waals surface area contributed by atoms with E-state index in [4.69, 9.17) is 21.1 Å². The molecule has 0 saturated heterocycles. The van der Waals surface area contributed by atoms with Crippen molar-refractivity contribution >= 4 is 29.1 Å². The van der Waals surface area contributed by atoms with Crippen LogP contribution in [-0.4, -0.2) is 44.5 Å². The second-order valence-corrected chi connectivity index (χ2v) is 5.13. The Hall–Kier alpha value is -1.95. The fourth-order valence-corrected chi connectivity index (χ4v) is 2.03. The molecule has 0 heterocycles. The molecule has 122 valence electrons. The highest BCUT2D eigenvalue weighted by atomic mass is 35.5. The quantitative estimate of drug-likeness (QED) is 0.815. The summed E-state index contributed by atoms with van der Waals surface area (Å²) in [6.07, 6.45) is 1.79. The molecule has 22 heavy (non-hydrogen) atoms. The number of unbranched alkanes of at least 4 members (excludes halogenated alkanes) is 1. The molecule has 0 bridgehead atoms. The standard InChI is InChI=1S/C15H21ClN2O4/c1-5-6-7-18(2)15(20)14(19)17-11-9-12(21-3)10(16)8-13(11)22-4/h8-9H,5-7H2,1-4H3,(H,17,19). The molecule has 0 aliphatic heterocycles. The molecule has 0 radical (unpaired) electrons. The Morgan fingerprint density at radius 2 is 1.86 bits per heavy atom. The van der Waals surface area contributed by atoms with Crippen molar-refractivity contribution in [3.8, 4) is 11.5 Å². The Kier molecular flexibility index (Phi) is 6.98. The summed E-state index contributed by atoms with van der Waals surface area (Å²) in [5.74, 6) is -0.613. The molecule has 1 N–H and O–H groups in total. The molecule has 2 amide bonds. The number of anilines is 1. The molecule has 1 aromatic carbocycles. The zero-order chi connectivity index (χ0) is 16.7. The van der Waals surface area contributed by atoms with E-state index in [0.717, 1.165) is 12.8 Å². The van der Waals surface area contributed by atoms with Crippen molar-refractivity contribution < 1.29 is 19.1 Å². The molecule has 0 aliphatic rings. The Labute approximate surface area is 135 Å². The first kappa shape index (κ1) is 18.1. The molecule has 1 rings (SSSR count). The van der Waals surface area contributed by atoms with Gasteiger partial charge in [-0.25, -0.2) is 0 Å². The predicted molar refractivity (Wildman–Crippen MR) is 85.7 cm³/mol. The predicted octanol–water partition coefficient (Wildman–Crippen LogP) is 2.55. The largest absolute Gasteiger partial charge is 0.495 e. The SMILES string of the molecule is CCCCN(C)C(=O)C(=O)Nc1cc(OC)c(Cl)cc1OC. The third-order valence-corrected chi connectivity index (χ3v) is 3.41. The van der Waals surface area contributed by atoms with Crippen LogP contribution < -0.4 is 14.8 Å². The van der Waals surface area contributed by atoms with Gasteiger partial charge in [0.25, 0.3) is 0 Å². The second kappa shape index (κ2) is 8.48. The van der Waals surface area contributed by atoms with E-state index in [9.17, 15) is 9.59 Å². The molecule has 0 fully saturated rings. The number of methoxy groups -OCH3 is 2. The van der Waals surface area contributed by atoms with Crippen molar-refractivity contribution in [3.05, 3.63) is 17.2 Å². The fourth-order valence-electron chi connectivity index (χ4n) is 1.80. The van der Waals surface area contributed by atoms with Crippen molar-refractivity contribution in [3.63, 3.8) is 0 Å². The highest BCUT2D eigenvalue weighted by Gasteiger charge is 2.20. The average Bonchev–Trinajstić information content (AvgIpc) is 2.52. The number of carbonyl (C=O) groups is 2. The number of amides is 2. The lowest BCUT2D eigenvalue weighted by Gasteiger charge is -2.17. The maximum Gasteiger partial charge on any atom is 0.313 e. The first-order valence-electron chi connectivity index (χ1n) is 6.92. The van der Waals surface area contributed by atoms with Crippen molar-refractivity contribution in [2.75, 3.05) is 33.1 Å². The third kappa shape index (κ3) is 4.53. The molecule has 0 spiro atoms. The molecular formula is C15H21ClN2O4. The van der Waals surface area contributed by atoms with E-state index in [1.165, 1.54) is 31.3 Å². The van der Waals surface area contributed by atoms with Crippen molar-refractivity contribution in [1.82, 2.24) is 4.90 Å². The minimum atomic E-state index is -0.735. The summed E-state index contributed by atoms with van der Waals surface area (Å²) < 4.78 is 10.2. The number of rotatable bonds is 6. The summed E-state index contributed by atoms with van der Waals surface area (Å²) in [5.41, 5.74) is 0.325. The number of hydrogen-bond acceptors (Lipinski definition) is 4. The van der Waals surface area contributed by atoms with E-state index in [2.05, 4.69) is 5.32 Å². The van der Waals surface area contributed by atoms with E-state index < -0.39 is 11.8 Å². The number of benzene rings is 1. The lowest BCUT2D eigenvalue weighted by molar-refractivity contribution is -0.142. The third-order valence-electron chi connectivity index (χ3n) is 3.11. The molecule has 0 atom stereocenters. The van der Waals surface area contributed by atoms with Crippen LogP contribution in [0.25, 0.3) is 0 Å². The van der Waals surface area contributed by atoms with E-state index in [-0.39, 0.29) is 0 Å². The molecule has 1 aromatic rings. The maximum atomic E-state index is 12.0. The smallest absolute Gasteiger partial charge is 0.313 e. The van der Waals surface area contributed by atoms with Gasteiger partial charge >= 0.3 is 11.8 Å². The first-order chi connectivity index (χ1) is 10.4. The minimum absolute atomic E-state index is 0.325. The second-order valence-electron chi connectivity index (χ2n) is 4.72. The maximum absolute atomic E-state index is 12.0. The lowest BCUT2D eigenvalue weighted by Crippen LogP contribution is -2.37. The summed E-state index contributed by atoms with van der Waals surface area (Å²) in [6.45, 7) is 2.55. The summed E-state index contributed by atoms with van der Waals surface area (Å²) in [4.78, 5) is 25.4. The zero-order valence-electron chi connectivity index (χ0n) is 13.2. The van der Waals surface area contributed by atoms with Crippen molar-refractivity contribution in [2.45, 2.75) is 19.8 Å². The normalized spacial score (nSPS) is 10.0. The highest BCUT2D eigenvalue weighted by molar-refractivity contribution is 6.39. The van der Waals surface area contributed by atoms with Crippen molar-refractivity contribution in [2.24, 2.45) is 0 Å². The van der Waals surface area contributed by atoms with Gasteiger partial charge in [-0.2, -0.15) is 0 Å². The molecule has 7 heteroatoms. The average molecular weight is 329 g/mol. The molecule has 0 unspecified atom stereocenters. The molecule has 0 aromatic heterocycles. The van der Waals surface area contributed by atoms with E-state index >= 15 is 0 Å². The minimum Gasteiger partial charge on any atom is -0.495 e. The van der Waals surface area contributed by atoms with Gasteiger partial charge in [-0.1, -0.05) is 24.9 Å². The van der Waals surface area contributed by atoms with Gasteiger partial charge in [0.1, 0.15) is 11.5 Å². The number of ether oxygens (including phenoxy) is 2. The van der Waals surface area contributed by atoms with Gasteiger partial charge in [0.2, 0.25) is 0 Å². The summed E-state index contributed by atoms with van der Waals surface area (Å²) in [5, 5.41) is 2.88. The number of nitrogens with zero attached hydrogens (tertiary/aromatic N) is 1. The monoisotopic (exact) mass is 328 g/mol. The van der Waals surface area contributed by atoms with Crippen LogP contribution in [-0.2, 0) is 9.59 Å². The van der Waals surface area contributed by atoms with Crippen LogP contribution >= 0.6 is 11.6 Å². The van der Waals surface area contributed by atoms with Gasteiger partial charge in [0, 0.05) is 25.7 Å². The Morgan fingerprint density at radius 1 is 1.23 bits per heavy atom. The summed E-state index contributed by atoms with van der Waals surface area (Å²) in [6, 6.07) is 3.03. The number of hydrogen-bond donors (Lipinski definition) is 1. The van der Waals surface area contributed by atoms with Gasteiger partial charge in [-0.05, 0) is 6.42 Å². The summed E-state index contributed by atoms with van der Waals surface area (Å²) in [7, 11) is 4.50. The van der Waals surface area contributed by atoms with Crippen LogP contribution in [0.2, 0.25) is 5.02 Å². The van der Waals surface area contributed by atoms with Crippen LogP contribution in [0.4, 0.5) is 5.69 Å². The van der Waals surface area contributed by atoms with Crippen LogP contribution in [0.1, 0.15) is 19.8 Å². The van der Waals surface area contributed by atoms with Gasteiger partial charge in [0.15, 0.2) is 0 Å². The number of nitrogens with one attached hydrogen (secondary N) is 1. The first-order valence-corrected chi connectivity index (χ1v) is 7.30. The van der Waals surface area contributed by atoms with E-state index in [1.54, 1.807) is 7.05 Å². The van der Waals surface area contributed by atoms with E-state index in [0.29, 0.717) is 28.8 Å². The number of carbonyl (C=O) groups excluding carboxylic acids is 2. The van der Waals surface area contributed by atoms with Crippen molar-refractivity contribution in [1.29, 1.82) is 0 Å². The highest BCUT2D eigenvalue weighted by Crippen LogP contribution is 2.35. The zero-order valence-corrected chi connectivity index (χ0v) is 14.0. The molecule has 6 nitrogen and oxygen atoms in total. The number of halogens is 1. The lowest BCUT2D eigenvalue weighted by atomic mass is 10.2. The fraction of sp³-hybridized carbons (Fsp3) is 0.467. The van der Waals surface area contributed by atoms with Gasteiger partial charge in [-0.15, -0.1) is 0 Å². The van der Waals surface area contributed by atoms with Gasteiger partial charge in [-0.3, -0.25) is 9.59 Å². The summed E-state index contributed by atoms with van der Waals surface area (Å²) >= 11 is 5.99. The topological polar surface area (TPSA) is 67.9 Å².